The third-order valence-electron chi connectivity index (χ3n) is 5.60. The van der Waals surface area contributed by atoms with Crippen molar-refractivity contribution in [3.8, 4) is 5.75 Å². The number of nitrogens with zero attached hydrogens (tertiary/aromatic N) is 2. The van der Waals surface area contributed by atoms with Crippen molar-refractivity contribution in [3.63, 3.8) is 0 Å². The summed E-state index contributed by atoms with van der Waals surface area (Å²) in [6.07, 6.45) is 0.759. The maximum Gasteiger partial charge on any atom is 0.273 e. The molecule has 0 radical (unpaired) electrons. The number of carbonyl (C=O) groups excluding carboxylic acids is 3. The van der Waals surface area contributed by atoms with E-state index in [2.05, 4.69) is 23.5 Å². The van der Waals surface area contributed by atoms with Crippen LogP contribution in [0.25, 0.3) is 0 Å². The molecule has 3 aromatic rings. The molecule has 0 spiro atoms. The van der Waals surface area contributed by atoms with E-state index in [1.165, 1.54) is 17.0 Å². The van der Waals surface area contributed by atoms with Gasteiger partial charge in [0, 0.05) is 12.2 Å². The molecule has 0 fully saturated rings. The van der Waals surface area contributed by atoms with Gasteiger partial charge >= 0.3 is 0 Å². The zero-order valence-corrected chi connectivity index (χ0v) is 21.6. The second-order valence-electron chi connectivity index (χ2n) is 9.13. The molecule has 6 N–H and O–H groups in total. The number of nitrogen functional groups attached to an aromatic ring is 1. The molecule has 0 saturated carbocycles. The first-order valence-electron chi connectivity index (χ1n) is 11.5. The van der Waals surface area contributed by atoms with E-state index in [0.29, 0.717) is 23.7 Å². The molecular weight excluding hydrogens is 478 g/mol. The molecule has 9 nitrogen and oxygen atoms in total. The number of rotatable bonds is 9. The Morgan fingerprint density at radius 1 is 1.08 bits per heavy atom. The van der Waals surface area contributed by atoms with Crippen molar-refractivity contribution in [3.05, 3.63) is 69.7 Å². The molecule has 0 aliphatic heterocycles. The summed E-state index contributed by atoms with van der Waals surface area (Å²) in [5.74, 6) is -1.44. The lowest BCUT2D eigenvalue weighted by Gasteiger charge is -2.32. The molecule has 0 aliphatic rings. The Bertz CT molecular complexity index is 1250. The molecule has 190 valence electrons. The molecule has 1 atom stereocenters. The van der Waals surface area contributed by atoms with E-state index < -0.39 is 23.8 Å². The minimum Gasteiger partial charge on any atom is -0.508 e. The van der Waals surface area contributed by atoms with Crippen molar-refractivity contribution in [1.29, 1.82) is 0 Å². The summed E-state index contributed by atoms with van der Waals surface area (Å²) in [5.41, 5.74) is 13.9. The molecule has 2 aromatic carbocycles. The molecule has 3 amide bonds. The van der Waals surface area contributed by atoms with Crippen molar-refractivity contribution in [2.75, 3.05) is 17.2 Å². The van der Waals surface area contributed by atoms with Gasteiger partial charge in [-0.25, -0.2) is 0 Å². The second kappa shape index (κ2) is 11.2. The monoisotopic (exact) mass is 509 g/mol. The van der Waals surface area contributed by atoms with Gasteiger partial charge in [-0.15, -0.1) is 0 Å². The number of nitrogens with one attached hydrogen (secondary N) is 1. The first-order valence-corrected chi connectivity index (χ1v) is 12.3. The fourth-order valence-corrected chi connectivity index (χ4v) is 4.61. The molecule has 10 heteroatoms. The number of aryl methyl sites for hydroxylation is 2. The van der Waals surface area contributed by atoms with Crippen LogP contribution in [-0.4, -0.2) is 33.7 Å². The van der Waals surface area contributed by atoms with Crippen LogP contribution in [0.1, 0.15) is 63.2 Å². The summed E-state index contributed by atoms with van der Waals surface area (Å²) in [4.78, 5) is 40.8. The first-order chi connectivity index (χ1) is 17.0. The van der Waals surface area contributed by atoms with E-state index in [0.717, 1.165) is 29.1 Å². The minimum atomic E-state index is -1.09. The fraction of sp³-hybridized carbons (Fsp3) is 0.308. The van der Waals surface area contributed by atoms with E-state index in [1.54, 1.807) is 24.3 Å². The number of hydrogen-bond donors (Lipinski definition) is 4. The predicted molar refractivity (Wildman–Crippen MR) is 141 cm³/mol. The summed E-state index contributed by atoms with van der Waals surface area (Å²) in [6, 6.07) is 10.6. The number of hydrogen-bond acceptors (Lipinski definition) is 7. The zero-order valence-electron chi connectivity index (χ0n) is 20.7. The number of aromatic nitrogens is 1. The smallest absolute Gasteiger partial charge is 0.273 e. The molecule has 1 aromatic heterocycles. The summed E-state index contributed by atoms with van der Waals surface area (Å²) < 4.78 is 3.97. The average molecular weight is 510 g/mol. The van der Waals surface area contributed by atoms with Crippen LogP contribution in [0.5, 0.6) is 5.75 Å². The molecule has 0 aliphatic carbocycles. The molecule has 0 bridgehead atoms. The van der Waals surface area contributed by atoms with Gasteiger partial charge in [-0.3, -0.25) is 19.3 Å². The number of carbonyl (C=O) groups is 3. The van der Waals surface area contributed by atoms with E-state index in [1.807, 2.05) is 19.9 Å². The standard InChI is InChI=1S/C26H31N5O4S/c1-14(2)9-10-29-25(34)22(17-5-7-19(32)8-6-17)31(18-12-15(3)11-16(4)13-18)26(35)23-20(27)21(24(28)33)30-36-23/h5-8,11-14,22,32H,9-10,27H2,1-4H3,(H2,28,33)(H,29,34)/t22-/m0/s1. The van der Waals surface area contributed by atoms with Gasteiger partial charge in [-0.2, -0.15) is 4.37 Å². The van der Waals surface area contributed by atoms with Crippen LogP contribution in [0.2, 0.25) is 0 Å². The first kappa shape index (κ1) is 26.7. The largest absolute Gasteiger partial charge is 0.508 e. The van der Waals surface area contributed by atoms with Crippen molar-refractivity contribution in [1.82, 2.24) is 9.69 Å². The summed E-state index contributed by atoms with van der Waals surface area (Å²) in [5, 5.41) is 12.8. The van der Waals surface area contributed by atoms with Crippen molar-refractivity contribution < 1.29 is 19.5 Å². The fourth-order valence-electron chi connectivity index (χ4n) is 3.87. The summed E-state index contributed by atoms with van der Waals surface area (Å²) >= 11 is 0.754. The van der Waals surface area contributed by atoms with Gasteiger partial charge in [-0.1, -0.05) is 32.0 Å². The lowest BCUT2D eigenvalue weighted by Crippen LogP contribution is -2.44. The van der Waals surface area contributed by atoms with Gasteiger partial charge in [0.05, 0.1) is 5.69 Å². The highest BCUT2D eigenvalue weighted by Crippen LogP contribution is 2.34. The minimum absolute atomic E-state index is 0.00159. The number of amides is 3. The van der Waals surface area contributed by atoms with Crippen LogP contribution in [0, 0.1) is 19.8 Å². The number of phenolic OH excluding ortho intramolecular Hbond substituents is 1. The Kier molecular flexibility index (Phi) is 8.31. The van der Waals surface area contributed by atoms with Crippen LogP contribution < -0.4 is 21.7 Å². The molecule has 36 heavy (non-hydrogen) atoms. The number of benzene rings is 2. The van der Waals surface area contributed by atoms with Gasteiger partial charge in [-0.05, 0) is 78.7 Å². The highest BCUT2D eigenvalue weighted by molar-refractivity contribution is 7.09. The molecule has 0 unspecified atom stereocenters. The number of phenols is 1. The lowest BCUT2D eigenvalue weighted by atomic mass is 10.0. The number of anilines is 2. The predicted octanol–water partition coefficient (Wildman–Crippen LogP) is 3.70. The number of primary amides is 1. The Morgan fingerprint density at radius 3 is 2.22 bits per heavy atom. The summed E-state index contributed by atoms with van der Waals surface area (Å²) in [7, 11) is 0. The summed E-state index contributed by atoms with van der Waals surface area (Å²) in [6.45, 7) is 8.32. The van der Waals surface area contributed by atoms with E-state index in [4.69, 9.17) is 11.5 Å². The van der Waals surface area contributed by atoms with E-state index >= 15 is 0 Å². The quantitative estimate of drug-likeness (QED) is 0.345. The highest BCUT2D eigenvalue weighted by atomic mass is 32.1. The van der Waals surface area contributed by atoms with Gasteiger partial charge in [0.25, 0.3) is 11.8 Å². The van der Waals surface area contributed by atoms with Crippen molar-refractivity contribution in [2.45, 2.75) is 40.2 Å². The number of nitrogens with two attached hydrogens (primary N) is 2. The Labute approximate surface area is 214 Å². The zero-order chi connectivity index (χ0) is 26.6. The highest BCUT2D eigenvalue weighted by Gasteiger charge is 2.36. The van der Waals surface area contributed by atoms with Crippen LogP contribution in [0.15, 0.2) is 42.5 Å². The second-order valence-corrected chi connectivity index (χ2v) is 9.90. The maximum absolute atomic E-state index is 14.0. The van der Waals surface area contributed by atoms with Gasteiger partial charge < -0.3 is 21.9 Å². The Morgan fingerprint density at radius 2 is 1.69 bits per heavy atom. The van der Waals surface area contributed by atoms with Gasteiger partial charge in [0.1, 0.15) is 16.7 Å². The van der Waals surface area contributed by atoms with Crippen molar-refractivity contribution >= 4 is 40.6 Å². The molecule has 3 rings (SSSR count). The normalized spacial score (nSPS) is 11.8. The van der Waals surface area contributed by atoms with E-state index in [-0.39, 0.29) is 22.0 Å². The van der Waals surface area contributed by atoms with Crippen LogP contribution >= 0.6 is 11.5 Å². The third-order valence-corrected chi connectivity index (χ3v) is 6.45. The Hall–Kier alpha value is -3.92. The van der Waals surface area contributed by atoms with E-state index in [9.17, 15) is 19.5 Å². The SMILES string of the molecule is Cc1cc(C)cc(N(C(=O)c2snc(C(N)=O)c2N)[C@H](C(=O)NCCC(C)C)c2ccc(O)cc2)c1. The Balaban J connectivity index is 2.19. The van der Waals surface area contributed by atoms with Crippen molar-refractivity contribution in [2.24, 2.45) is 11.7 Å². The maximum atomic E-state index is 14.0. The van der Waals surface area contributed by atoms with Crippen LogP contribution in [-0.2, 0) is 4.79 Å². The topological polar surface area (TPSA) is 152 Å². The third kappa shape index (κ3) is 6.01. The molecular formula is C26H31N5O4S. The van der Waals surface area contributed by atoms with Crippen LogP contribution in [0.3, 0.4) is 0 Å². The number of aromatic hydroxyl groups is 1. The van der Waals surface area contributed by atoms with Gasteiger partial charge in [0.2, 0.25) is 5.91 Å². The molecule has 1 heterocycles. The molecule has 0 saturated heterocycles. The van der Waals surface area contributed by atoms with Crippen LogP contribution in [0.4, 0.5) is 11.4 Å². The van der Waals surface area contributed by atoms with Gasteiger partial charge in [0.15, 0.2) is 5.69 Å². The average Bonchev–Trinajstić information content (AvgIpc) is 3.18. The lowest BCUT2D eigenvalue weighted by molar-refractivity contribution is -0.122.